The van der Waals surface area contributed by atoms with E-state index < -0.39 is 0 Å². The van der Waals surface area contributed by atoms with Crippen LogP contribution in [0.4, 0.5) is 5.82 Å². The zero-order chi connectivity index (χ0) is 13.1. The first-order valence-corrected chi connectivity index (χ1v) is 6.38. The predicted octanol–water partition coefficient (Wildman–Crippen LogP) is 0.896. The molecule has 3 N–H and O–H groups in total. The molecule has 1 saturated heterocycles. The van der Waals surface area contributed by atoms with Crippen LogP contribution in [-0.4, -0.2) is 47.9 Å². The molecule has 1 aromatic heterocycles. The minimum Gasteiger partial charge on any atom is -0.382 e. The second-order valence-corrected chi connectivity index (χ2v) is 4.91. The third kappa shape index (κ3) is 2.79. The molecule has 0 atom stereocenters. The molecule has 0 aromatic carbocycles. The van der Waals surface area contributed by atoms with Crippen LogP contribution in [0.25, 0.3) is 0 Å². The SMILES string of the molecule is CC(C)N1CCN(c2cccc(C(=N)N)n2)CC1. The molecule has 0 saturated carbocycles. The molecule has 1 fully saturated rings. The molecule has 2 rings (SSSR count). The van der Waals surface area contributed by atoms with Gasteiger partial charge in [-0.05, 0) is 26.0 Å². The van der Waals surface area contributed by atoms with Gasteiger partial charge in [0.1, 0.15) is 17.3 Å². The van der Waals surface area contributed by atoms with Crippen molar-refractivity contribution in [3.05, 3.63) is 23.9 Å². The fourth-order valence-electron chi connectivity index (χ4n) is 2.22. The average Bonchev–Trinajstić information content (AvgIpc) is 2.39. The van der Waals surface area contributed by atoms with Crippen LogP contribution in [-0.2, 0) is 0 Å². The summed E-state index contributed by atoms with van der Waals surface area (Å²) < 4.78 is 0. The van der Waals surface area contributed by atoms with Crippen molar-refractivity contribution in [1.82, 2.24) is 9.88 Å². The van der Waals surface area contributed by atoms with Crippen molar-refractivity contribution < 1.29 is 0 Å². The van der Waals surface area contributed by atoms with E-state index in [1.54, 1.807) is 6.07 Å². The average molecular weight is 247 g/mol. The minimum absolute atomic E-state index is 0.0256. The molecule has 1 aliphatic heterocycles. The lowest BCUT2D eigenvalue weighted by Crippen LogP contribution is -2.49. The van der Waals surface area contributed by atoms with E-state index in [-0.39, 0.29) is 5.84 Å². The van der Waals surface area contributed by atoms with Gasteiger partial charge in [-0.25, -0.2) is 4.98 Å². The van der Waals surface area contributed by atoms with E-state index in [9.17, 15) is 0 Å². The van der Waals surface area contributed by atoms with E-state index in [0.29, 0.717) is 11.7 Å². The van der Waals surface area contributed by atoms with Crippen LogP contribution < -0.4 is 10.6 Å². The highest BCUT2D eigenvalue weighted by Gasteiger charge is 2.19. The molecule has 0 spiro atoms. The molecule has 0 unspecified atom stereocenters. The molecule has 0 aliphatic carbocycles. The van der Waals surface area contributed by atoms with Gasteiger partial charge in [-0.2, -0.15) is 0 Å². The number of aromatic nitrogens is 1. The second-order valence-electron chi connectivity index (χ2n) is 4.91. The Morgan fingerprint density at radius 1 is 1.28 bits per heavy atom. The first-order chi connectivity index (χ1) is 8.58. The highest BCUT2D eigenvalue weighted by molar-refractivity contribution is 5.93. The maximum absolute atomic E-state index is 7.42. The van der Waals surface area contributed by atoms with E-state index in [2.05, 4.69) is 28.6 Å². The molecular formula is C13H21N5. The van der Waals surface area contributed by atoms with Crippen LogP contribution >= 0.6 is 0 Å². The minimum atomic E-state index is 0.0256. The number of nitrogens with two attached hydrogens (primary N) is 1. The topological polar surface area (TPSA) is 69.2 Å². The first-order valence-electron chi connectivity index (χ1n) is 6.38. The molecule has 18 heavy (non-hydrogen) atoms. The molecular weight excluding hydrogens is 226 g/mol. The first kappa shape index (κ1) is 12.8. The maximum atomic E-state index is 7.42. The van der Waals surface area contributed by atoms with Gasteiger partial charge in [-0.1, -0.05) is 6.07 Å². The number of anilines is 1. The Morgan fingerprint density at radius 2 is 1.94 bits per heavy atom. The van der Waals surface area contributed by atoms with Crippen molar-refractivity contribution >= 4 is 11.7 Å². The summed E-state index contributed by atoms with van der Waals surface area (Å²) in [5.74, 6) is 0.948. The van der Waals surface area contributed by atoms with Crippen LogP contribution in [0.5, 0.6) is 0 Å². The van der Waals surface area contributed by atoms with Gasteiger partial charge in [0.15, 0.2) is 0 Å². The summed E-state index contributed by atoms with van der Waals surface area (Å²) in [6.45, 7) is 8.53. The lowest BCUT2D eigenvalue weighted by molar-refractivity contribution is 0.209. The van der Waals surface area contributed by atoms with E-state index in [4.69, 9.17) is 11.1 Å². The number of amidine groups is 1. The van der Waals surface area contributed by atoms with Crippen LogP contribution in [0.2, 0.25) is 0 Å². The van der Waals surface area contributed by atoms with Crippen LogP contribution in [0, 0.1) is 5.41 Å². The summed E-state index contributed by atoms with van der Waals surface area (Å²) in [5.41, 5.74) is 6.02. The zero-order valence-electron chi connectivity index (χ0n) is 11.1. The summed E-state index contributed by atoms with van der Waals surface area (Å²) in [4.78, 5) is 9.14. The van der Waals surface area contributed by atoms with Crippen LogP contribution in [0.1, 0.15) is 19.5 Å². The Bertz CT molecular complexity index is 421. The predicted molar refractivity (Wildman–Crippen MR) is 74.2 cm³/mol. The highest BCUT2D eigenvalue weighted by atomic mass is 15.3. The molecule has 98 valence electrons. The van der Waals surface area contributed by atoms with Gasteiger partial charge in [0.25, 0.3) is 0 Å². The van der Waals surface area contributed by atoms with Crippen LogP contribution in [0.3, 0.4) is 0 Å². The Hall–Kier alpha value is -1.62. The van der Waals surface area contributed by atoms with Gasteiger partial charge in [0.05, 0.1) is 0 Å². The standard InChI is InChI=1S/C13H21N5/c1-10(2)17-6-8-18(9-7-17)12-5-3-4-11(16-12)13(14)15/h3-5,10H,6-9H2,1-2H3,(H3,14,15). The molecule has 1 aliphatic rings. The van der Waals surface area contributed by atoms with Crippen molar-refractivity contribution in [2.75, 3.05) is 31.1 Å². The summed E-state index contributed by atoms with van der Waals surface area (Å²) in [6.07, 6.45) is 0. The number of pyridine rings is 1. The summed E-state index contributed by atoms with van der Waals surface area (Å²) in [5, 5.41) is 7.42. The molecule has 1 aromatic rings. The molecule has 0 amide bonds. The number of nitrogens with one attached hydrogen (secondary N) is 1. The lowest BCUT2D eigenvalue weighted by Gasteiger charge is -2.37. The van der Waals surface area contributed by atoms with Gasteiger partial charge in [-0.15, -0.1) is 0 Å². The van der Waals surface area contributed by atoms with Crippen molar-refractivity contribution in [1.29, 1.82) is 5.41 Å². The second kappa shape index (κ2) is 5.35. The monoisotopic (exact) mass is 247 g/mol. The normalized spacial score (nSPS) is 17.2. The number of rotatable bonds is 3. The fraction of sp³-hybridized carbons (Fsp3) is 0.538. The van der Waals surface area contributed by atoms with Crippen LogP contribution in [0.15, 0.2) is 18.2 Å². The van der Waals surface area contributed by atoms with Crippen molar-refractivity contribution in [3.8, 4) is 0 Å². The van der Waals surface area contributed by atoms with Crippen molar-refractivity contribution in [2.24, 2.45) is 5.73 Å². The Labute approximate surface area is 108 Å². The smallest absolute Gasteiger partial charge is 0.141 e. The largest absolute Gasteiger partial charge is 0.382 e. The Morgan fingerprint density at radius 3 is 2.50 bits per heavy atom. The molecule has 5 heteroatoms. The quantitative estimate of drug-likeness (QED) is 0.615. The van der Waals surface area contributed by atoms with E-state index >= 15 is 0 Å². The third-order valence-corrected chi connectivity index (χ3v) is 3.38. The van der Waals surface area contributed by atoms with Gasteiger partial charge in [0, 0.05) is 32.2 Å². The number of hydrogen-bond acceptors (Lipinski definition) is 4. The fourth-order valence-corrected chi connectivity index (χ4v) is 2.22. The van der Waals surface area contributed by atoms with Gasteiger partial charge >= 0.3 is 0 Å². The Balaban J connectivity index is 2.05. The molecule has 5 nitrogen and oxygen atoms in total. The summed E-state index contributed by atoms with van der Waals surface area (Å²) in [6, 6.07) is 6.27. The molecule has 0 bridgehead atoms. The number of nitrogen functional groups attached to an aromatic ring is 1. The zero-order valence-corrected chi connectivity index (χ0v) is 11.1. The molecule has 0 radical (unpaired) electrons. The van der Waals surface area contributed by atoms with Crippen molar-refractivity contribution in [2.45, 2.75) is 19.9 Å². The van der Waals surface area contributed by atoms with E-state index in [1.807, 2.05) is 12.1 Å². The number of nitrogens with zero attached hydrogens (tertiary/aromatic N) is 3. The summed E-state index contributed by atoms with van der Waals surface area (Å²) >= 11 is 0. The van der Waals surface area contributed by atoms with Gasteiger partial charge < -0.3 is 10.6 Å². The molecule has 2 heterocycles. The lowest BCUT2D eigenvalue weighted by atomic mass is 10.2. The highest BCUT2D eigenvalue weighted by Crippen LogP contribution is 2.15. The Kier molecular flexibility index (Phi) is 3.81. The number of piperazine rings is 1. The van der Waals surface area contributed by atoms with E-state index in [1.165, 1.54) is 0 Å². The number of hydrogen-bond donors (Lipinski definition) is 2. The third-order valence-electron chi connectivity index (χ3n) is 3.38. The van der Waals surface area contributed by atoms with Gasteiger partial charge in [0.2, 0.25) is 0 Å². The van der Waals surface area contributed by atoms with E-state index in [0.717, 1.165) is 32.0 Å². The van der Waals surface area contributed by atoms with Crippen molar-refractivity contribution in [3.63, 3.8) is 0 Å². The maximum Gasteiger partial charge on any atom is 0.141 e. The van der Waals surface area contributed by atoms with Gasteiger partial charge in [-0.3, -0.25) is 10.3 Å². The summed E-state index contributed by atoms with van der Waals surface area (Å²) in [7, 11) is 0.